The van der Waals surface area contributed by atoms with Crippen molar-refractivity contribution in [2.45, 2.75) is 32.6 Å². The molecule has 6 heteroatoms. The van der Waals surface area contributed by atoms with E-state index in [1.54, 1.807) is 24.5 Å². The normalized spacial score (nSPS) is 17.7. The van der Waals surface area contributed by atoms with Crippen molar-refractivity contribution in [1.29, 1.82) is 5.26 Å². The van der Waals surface area contributed by atoms with E-state index in [1.165, 1.54) is 0 Å². The number of ketones is 2. The van der Waals surface area contributed by atoms with Gasteiger partial charge in [-0.2, -0.15) is 5.26 Å². The second-order valence-corrected chi connectivity index (χ2v) is 6.81. The minimum atomic E-state index is -1.01. The molecule has 122 valence electrons. The average Bonchev–Trinajstić information content (AvgIpc) is 2.82. The molecule has 0 aromatic carbocycles. The zero-order chi connectivity index (χ0) is 17.5. The number of carbonyl (C=O) groups excluding carboxylic acids is 2. The lowest BCUT2D eigenvalue weighted by Crippen LogP contribution is -2.36. The first-order valence-corrected chi connectivity index (χ1v) is 7.62. The zero-order valence-electron chi connectivity index (χ0n) is 13.5. The number of nitriles is 1. The van der Waals surface area contributed by atoms with Crippen LogP contribution in [0.25, 0.3) is 11.1 Å². The highest BCUT2D eigenvalue weighted by atomic mass is 16.4. The summed E-state index contributed by atoms with van der Waals surface area (Å²) in [7, 11) is 0. The van der Waals surface area contributed by atoms with Crippen LogP contribution in [0.15, 0.2) is 28.9 Å². The van der Waals surface area contributed by atoms with Gasteiger partial charge in [-0.3, -0.25) is 14.6 Å². The van der Waals surface area contributed by atoms with E-state index in [9.17, 15) is 14.9 Å². The van der Waals surface area contributed by atoms with Crippen molar-refractivity contribution in [2.24, 2.45) is 5.41 Å². The maximum absolute atomic E-state index is 12.6. The van der Waals surface area contributed by atoms with Crippen molar-refractivity contribution in [2.75, 3.05) is 5.73 Å². The third kappa shape index (κ3) is 2.58. The SMILES string of the molecule is CC1(C)CC(=O)C(c2oc(N)c(C#N)c2-c2ccncc2)C(=O)C1. The van der Waals surface area contributed by atoms with Crippen molar-refractivity contribution in [3.8, 4) is 17.2 Å². The molecule has 0 radical (unpaired) electrons. The van der Waals surface area contributed by atoms with Crippen molar-refractivity contribution in [3.05, 3.63) is 35.9 Å². The standard InChI is InChI=1S/C18H17N3O3/c1-18(2)7-12(22)15(13(23)8-18)16-14(10-3-5-21-6-4-10)11(9-19)17(20)24-16/h3-6,15H,7-8,20H2,1-2H3. The van der Waals surface area contributed by atoms with Crippen LogP contribution in [0.3, 0.4) is 0 Å². The molecular weight excluding hydrogens is 306 g/mol. The van der Waals surface area contributed by atoms with E-state index in [-0.39, 0.29) is 47.0 Å². The van der Waals surface area contributed by atoms with Gasteiger partial charge in [0.25, 0.3) is 0 Å². The van der Waals surface area contributed by atoms with Crippen molar-refractivity contribution < 1.29 is 14.0 Å². The predicted octanol–water partition coefficient (Wildman–Crippen LogP) is 2.84. The van der Waals surface area contributed by atoms with Crippen LogP contribution in [0.5, 0.6) is 0 Å². The molecule has 0 atom stereocenters. The summed E-state index contributed by atoms with van der Waals surface area (Å²) in [6.07, 6.45) is 3.69. The topological polar surface area (TPSA) is 110 Å². The molecule has 6 nitrogen and oxygen atoms in total. The van der Waals surface area contributed by atoms with Gasteiger partial charge in [0.1, 0.15) is 23.3 Å². The lowest BCUT2D eigenvalue weighted by molar-refractivity contribution is -0.136. The van der Waals surface area contributed by atoms with Gasteiger partial charge in [-0.1, -0.05) is 13.8 Å². The van der Waals surface area contributed by atoms with Crippen molar-refractivity contribution in [1.82, 2.24) is 4.98 Å². The first-order chi connectivity index (χ1) is 11.3. The van der Waals surface area contributed by atoms with Crippen LogP contribution < -0.4 is 5.73 Å². The summed E-state index contributed by atoms with van der Waals surface area (Å²) in [6, 6.07) is 5.39. The molecule has 24 heavy (non-hydrogen) atoms. The number of hydrogen-bond donors (Lipinski definition) is 1. The Bertz CT molecular complexity index is 840. The summed E-state index contributed by atoms with van der Waals surface area (Å²) < 4.78 is 5.53. The third-order valence-corrected chi connectivity index (χ3v) is 4.26. The van der Waals surface area contributed by atoms with Gasteiger partial charge < -0.3 is 10.2 Å². The number of rotatable bonds is 2. The van der Waals surface area contributed by atoms with Gasteiger partial charge in [0, 0.05) is 30.8 Å². The van der Waals surface area contributed by atoms with Crippen molar-refractivity contribution >= 4 is 17.5 Å². The molecule has 0 spiro atoms. The number of Topliss-reactive ketones (excluding diaryl/α,β-unsaturated/α-hetero) is 2. The predicted molar refractivity (Wildman–Crippen MR) is 86.8 cm³/mol. The summed E-state index contributed by atoms with van der Waals surface area (Å²) in [5.74, 6) is -1.33. The van der Waals surface area contributed by atoms with Crippen LogP contribution in [0.1, 0.15) is 43.9 Å². The number of carbonyl (C=O) groups is 2. The Balaban J connectivity index is 2.18. The van der Waals surface area contributed by atoms with Crippen LogP contribution in [0.2, 0.25) is 0 Å². The van der Waals surface area contributed by atoms with Crippen LogP contribution >= 0.6 is 0 Å². The molecule has 0 amide bonds. The van der Waals surface area contributed by atoms with Gasteiger partial charge in [-0.05, 0) is 23.1 Å². The highest BCUT2D eigenvalue weighted by Crippen LogP contribution is 2.44. The summed E-state index contributed by atoms with van der Waals surface area (Å²) in [4.78, 5) is 29.1. The number of pyridine rings is 1. The molecule has 1 aliphatic carbocycles. The molecule has 0 unspecified atom stereocenters. The lowest BCUT2D eigenvalue weighted by Gasteiger charge is -2.31. The van der Waals surface area contributed by atoms with E-state index in [0.717, 1.165) is 0 Å². The quantitative estimate of drug-likeness (QED) is 0.851. The second kappa shape index (κ2) is 5.60. The Morgan fingerprint density at radius 3 is 2.38 bits per heavy atom. The number of furan rings is 1. The molecule has 3 rings (SSSR count). The van der Waals surface area contributed by atoms with Gasteiger partial charge >= 0.3 is 0 Å². The minimum absolute atomic E-state index is 0.0789. The van der Waals surface area contributed by atoms with E-state index in [1.807, 2.05) is 19.9 Å². The molecule has 2 N–H and O–H groups in total. The molecule has 0 bridgehead atoms. The monoisotopic (exact) mass is 323 g/mol. The number of nitrogens with zero attached hydrogens (tertiary/aromatic N) is 2. The Kier molecular flexibility index (Phi) is 3.72. The fraction of sp³-hybridized carbons (Fsp3) is 0.333. The Labute approximate surface area is 139 Å². The lowest BCUT2D eigenvalue weighted by atomic mass is 9.70. The Morgan fingerprint density at radius 1 is 1.25 bits per heavy atom. The van der Waals surface area contributed by atoms with Crippen LogP contribution in [-0.2, 0) is 9.59 Å². The molecule has 1 fully saturated rings. The first kappa shape index (κ1) is 15.9. The first-order valence-electron chi connectivity index (χ1n) is 7.62. The maximum atomic E-state index is 12.6. The van der Waals surface area contributed by atoms with Crippen LogP contribution in [-0.4, -0.2) is 16.6 Å². The van der Waals surface area contributed by atoms with Gasteiger partial charge in [0.15, 0.2) is 11.6 Å². The number of hydrogen-bond acceptors (Lipinski definition) is 6. The highest BCUT2D eigenvalue weighted by molar-refractivity contribution is 6.11. The van der Waals surface area contributed by atoms with Gasteiger partial charge in [0.05, 0.1) is 0 Å². The Hall–Kier alpha value is -2.94. The Morgan fingerprint density at radius 2 is 1.83 bits per heavy atom. The van der Waals surface area contributed by atoms with E-state index < -0.39 is 5.92 Å². The molecular formula is C18H17N3O3. The molecule has 0 saturated heterocycles. The van der Waals surface area contributed by atoms with Crippen LogP contribution in [0.4, 0.5) is 5.88 Å². The number of nitrogens with two attached hydrogens (primary N) is 1. The van der Waals surface area contributed by atoms with Crippen molar-refractivity contribution in [3.63, 3.8) is 0 Å². The molecule has 2 aromatic heterocycles. The average molecular weight is 323 g/mol. The van der Waals surface area contributed by atoms with Gasteiger partial charge in [-0.15, -0.1) is 0 Å². The summed E-state index contributed by atoms with van der Waals surface area (Å²) in [5, 5.41) is 9.41. The molecule has 1 aliphatic rings. The fourth-order valence-corrected chi connectivity index (χ4v) is 3.27. The molecule has 1 saturated carbocycles. The summed E-state index contributed by atoms with van der Waals surface area (Å²) in [6.45, 7) is 3.78. The third-order valence-electron chi connectivity index (χ3n) is 4.26. The fourth-order valence-electron chi connectivity index (χ4n) is 3.27. The van der Waals surface area contributed by atoms with E-state index >= 15 is 0 Å². The van der Waals surface area contributed by atoms with Gasteiger partial charge in [0.2, 0.25) is 5.88 Å². The smallest absolute Gasteiger partial charge is 0.209 e. The molecule has 2 heterocycles. The number of anilines is 1. The van der Waals surface area contributed by atoms with E-state index in [0.29, 0.717) is 11.1 Å². The molecule has 2 aromatic rings. The van der Waals surface area contributed by atoms with Crippen LogP contribution in [0, 0.1) is 16.7 Å². The van der Waals surface area contributed by atoms with Gasteiger partial charge in [-0.25, -0.2) is 0 Å². The molecule has 0 aliphatic heterocycles. The largest absolute Gasteiger partial charge is 0.443 e. The minimum Gasteiger partial charge on any atom is -0.443 e. The zero-order valence-corrected chi connectivity index (χ0v) is 13.5. The number of nitrogen functional groups attached to an aromatic ring is 1. The summed E-state index contributed by atoms with van der Waals surface area (Å²) in [5.41, 5.74) is 6.64. The van der Waals surface area contributed by atoms with E-state index in [2.05, 4.69) is 4.98 Å². The maximum Gasteiger partial charge on any atom is 0.209 e. The highest BCUT2D eigenvalue weighted by Gasteiger charge is 2.44. The number of aromatic nitrogens is 1. The van der Waals surface area contributed by atoms with E-state index in [4.69, 9.17) is 10.2 Å². The summed E-state index contributed by atoms with van der Waals surface area (Å²) >= 11 is 0. The second-order valence-electron chi connectivity index (χ2n) is 6.81.